The Morgan fingerprint density at radius 1 is 1.00 bits per heavy atom. The molecule has 5 nitrogen and oxygen atoms in total. The first-order valence-corrected chi connectivity index (χ1v) is 11.1. The maximum atomic E-state index is 6.15. The molecule has 2 aliphatic rings. The van der Waals surface area contributed by atoms with Crippen molar-refractivity contribution in [2.45, 2.75) is 51.5 Å². The second kappa shape index (κ2) is 8.15. The number of aromatic nitrogens is 2. The Balaban J connectivity index is 1.31. The molecule has 2 aliphatic heterocycles. The lowest BCUT2D eigenvalue weighted by Gasteiger charge is -2.39. The topological polar surface area (TPSA) is 45.4 Å². The van der Waals surface area contributed by atoms with Crippen molar-refractivity contribution in [3.63, 3.8) is 0 Å². The Morgan fingerprint density at radius 2 is 1.83 bits per heavy atom. The molecule has 5 heteroatoms. The Bertz CT molecular complexity index is 968. The van der Waals surface area contributed by atoms with Crippen molar-refractivity contribution >= 4 is 17.2 Å². The van der Waals surface area contributed by atoms with Crippen molar-refractivity contribution in [1.29, 1.82) is 0 Å². The molecule has 2 saturated heterocycles. The lowest BCUT2D eigenvalue weighted by Crippen LogP contribution is -2.46. The van der Waals surface area contributed by atoms with Gasteiger partial charge in [-0.15, -0.1) is 0 Å². The van der Waals surface area contributed by atoms with Gasteiger partial charge in [0.05, 0.1) is 0 Å². The Kier molecular flexibility index (Phi) is 5.23. The van der Waals surface area contributed by atoms with Crippen molar-refractivity contribution < 1.29 is 4.42 Å². The van der Waals surface area contributed by atoms with Gasteiger partial charge in [0.2, 0.25) is 5.65 Å². The molecule has 0 amide bonds. The maximum absolute atomic E-state index is 6.15. The summed E-state index contributed by atoms with van der Waals surface area (Å²) in [7, 11) is 0. The fourth-order valence-electron chi connectivity index (χ4n) is 4.78. The minimum atomic E-state index is 0.702. The minimum absolute atomic E-state index is 0.702. The summed E-state index contributed by atoms with van der Waals surface area (Å²) in [4.78, 5) is 14.2. The molecule has 2 aromatic heterocycles. The van der Waals surface area contributed by atoms with E-state index in [0.717, 1.165) is 42.7 Å². The molecule has 0 aliphatic carbocycles. The third-order valence-electron chi connectivity index (χ3n) is 6.55. The maximum Gasteiger partial charge on any atom is 0.299 e. The largest absolute Gasteiger partial charge is 0.422 e. The average molecular weight is 391 g/mol. The van der Waals surface area contributed by atoms with Gasteiger partial charge in [-0.25, -0.2) is 4.98 Å². The molecule has 5 rings (SSSR count). The van der Waals surface area contributed by atoms with Gasteiger partial charge < -0.3 is 14.2 Å². The minimum Gasteiger partial charge on any atom is -0.422 e. The van der Waals surface area contributed by atoms with Gasteiger partial charge in [0.15, 0.2) is 5.58 Å². The number of benzene rings is 1. The molecule has 0 radical (unpaired) electrons. The zero-order chi connectivity index (χ0) is 19.6. The lowest BCUT2D eigenvalue weighted by molar-refractivity contribution is 0.140. The van der Waals surface area contributed by atoms with Crippen LogP contribution < -0.4 is 4.90 Å². The second-order valence-electron chi connectivity index (χ2n) is 8.41. The summed E-state index contributed by atoms with van der Waals surface area (Å²) in [6, 6.07) is 12.2. The average Bonchev–Trinajstić information content (AvgIpc) is 3.23. The number of hydrogen-bond acceptors (Lipinski definition) is 5. The summed E-state index contributed by atoms with van der Waals surface area (Å²) >= 11 is 0. The van der Waals surface area contributed by atoms with Crippen LogP contribution in [0.25, 0.3) is 22.4 Å². The number of oxazole rings is 1. The fraction of sp³-hybridized carbons (Fsp3) is 0.500. The van der Waals surface area contributed by atoms with Gasteiger partial charge in [0, 0.05) is 30.9 Å². The van der Waals surface area contributed by atoms with Gasteiger partial charge >= 0.3 is 0 Å². The smallest absolute Gasteiger partial charge is 0.299 e. The summed E-state index contributed by atoms with van der Waals surface area (Å²) in [6.45, 7) is 6.76. The molecular formula is C24H30N4O. The summed E-state index contributed by atoms with van der Waals surface area (Å²) in [5.41, 5.74) is 5.07. The van der Waals surface area contributed by atoms with E-state index in [2.05, 4.69) is 57.0 Å². The molecule has 0 unspecified atom stereocenters. The number of likely N-dealkylation sites (tertiary alicyclic amines) is 1. The predicted molar refractivity (Wildman–Crippen MR) is 117 cm³/mol. The molecule has 4 heterocycles. The molecule has 3 aromatic rings. The van der Waals surface area contributed by atoms with Crippen LogP contribution in [0.2, 0.25) is 0 Å². The van der Waals surface area contributed by atoms with Crippen LogP contribution in [-0.2, 0) is 6.42 Å². The van der Waals surface area contributed by atoms with E-state index in [4.69, 9.17) is 4.42 Å². The van der Waals surface area contributed by atoms with Crippen molar-refractivity contribution in [3.8, 4) is 11.1 Å². The molecule has 1 aromatic carbocycles. The number of fused-ring (bicyclic) bond motifs is 1. The summed E-state index contributed by atoms with van der Waals surface area (Å²) in [5.74, 6) is 0. The van der Waals surface area contributed by atoms with Crippen molar-refractivity contribution in [2.24, 2.45) is 0 Å². The number of anilines is 1. The third-order valence-corrected chi connectivity index (χ3v) is 6.55. The van der Waals surface area contributed by atoms with Crippen LogP contribution in [0.5, 0.6) is 0 Å². The number of nitrogens with zero attached hydrogens (tertiary/aromatic N) is 4. The Morgan fingerprint density at radius 3 is 2.62 bits per heavy atom. The molecule has 152 valence electrons. The molecule has 0 N–H and O–H groups in total. The van der Waals surface area contributed by atoms with E-state index in [1.54, 1.807) is 0 Å². The predicted octanol–water partition coefficient (Wildman–Crippen LogP) is 4.91. The SMILES string of the molecule is CCc1cccc(-c2cnc3nc(N4CCC(N5CCCCC5)CC4)oc3c2)c1. The Hall–Kier alpha value is -2.40. The van der Waals surface area contributed by atoms with Gasteiger partial charge in [-0.3, -0.25) is 0 Å². The molecule has 0 spiro atoms. The van der Waals surface area contributed by atoms with Crippen LogP contribution in [0.15, 0.2) is 40.9 Å². The first-order valence-electron chi connectivity index (χ1n) is 11.1. The van der Waals surface area contributed by atoms with Crippen LogP contribution in [0.1, 0.15) is 44.6 Å². The van der Waals surface area contributed by atoms with Crippen molar-refractivity contribution in [1.82, 2.24) is 14.9 Å². The molecular weight excluding hydrogens is 360 g/mol. The van der Waals surface area contributed by atoms with E-state index in [1.807, 2.05) is 6.20 Å². The normalized spacial score (nSPS) is 19.1. The standard InChI is InChI=1S/C24H30N4O/c1-2-18-7-6-8-19(15-18)20-16-22-23(25-17-20)26-24(29-22)28-13-9-21(10-14-28)27-11-4-3-5-12-27/h6-8,15-17,21H,2-5,9-14H2,1H3. The first-order chi connectivity index (χ1) is 14.3. The van der Waals surface area contributed by atoms with Crippen LogP contribution in [0.4, 0.5) is 6.01 Å². The Labute approximate surface area is 172 Å². The highest BCUT2D eigenvalue weighted by molar-refractivity contribution is 5.77. The van der Waals surface area contributed by atoms with Crippen LogP contribution in [0.3, 0.4) is 0 Å². The van der Waals surface area contributed by atoms with Crippen LogP contribution >= 0.6 is 0 Å². The number of rotatable bonds is 4. The van der Waals surface area contributed by atoms with Gasteiger partial charge in [-0.1, -0.05) is 37.6 Å². The summed E-state index contributed by atoms with van der Waals surface area (Å²) in [6.07, 6.45) is 9.45. The van der Waals surface area contributed by atoms with Crippen LogP contribution in [0, 0.1) is 0 Å². The van der Waals surface area contributed by atoms with E-state index in [9.17, 15) is 0 Å². The second-order valence-corrected chi connectivity index (χ2v) is 8.41. The van der Waals surface area contributed by atoms with E-state index < -0.39 is 0 Å². The zero-order valence-electron chi connectivity index (χ0n) is 17.3. The van der Waals surface area contributed by atoms with E-state index in [0.29, 0.717) is 5.65 Å². The highest BCUT2D eigenvalue weighted by atomic mass is 16.4. The molecule has 2 fully saturated rings. The van der Waals surface area contributed by atoms with Crippen molar-refractivity contribution in [3.05, 3.63) is 42.1 Å². The number of piperidine rings is 2. The van der Waals surface area contributed by atoms with Gasteiger partial charge in [0.1, 0.15) is 0 Å². The summed E-state index contributed by atoms with van der Waals surface area (Å²) in [5, 5.41) is 0. The third kappa shape index (κ3) is 3.88. The molecule has 0 bridgehead atoms. The number of pyridine rings is 1. The zero-order valence-corrected chi connectivity index (χ0v) is 17.3. The molecule has 0 saturated carbocycles. The van der Waals surface area contributed by atoms with Crippen molar-refractivity contribution in [2.75, 3.05) is 31.1 Å². The summed E-state index contributed by atoms with van der Waals surface area (Å²) < 4.78 is 6.15. The van der Waals surface area contributed by atoms with Crippen LogP contribution in [-0.4, -0.2) is 47.1 Å². The van der Waals surface area contributed by atoms with Gasteiger partial charge in [-0.05, 0) is 62.4 Å². The fourth-order valence-corrected chi connectivity index (χ4v) is 4.78. The first kappa shape index (κ1) is 18.6. The monoisotopic (exact) mass is 390 g/mol. The van der Waals surface area contributed by atoms with Gasteiger partial charge in [0.25, 0.3) is 6.01 Å². The quantitative estimate of drug-likeness (QED) is 0.633. The van der Waals surface area contributed by atoms with E-state index in [1.165, 1.54) is 56.3 Å². The van der Waals surface area contributed by atoms with E-state index >= 15 is 0 Å². The van der Waals surface area contributed by atoms with E-state index in [-0.39, 0.29) is 0 Å². The lowest BCUT2D eigenvalue weighted by atomic mass is 10.0. The highest BCUT2D eigenvalue weighted by Crippen LogP contribution is 2.29. The highest BCUT2D eigenvalue weighted by Gasteiger charge is 2.27. The molecule has 0 atom stereocenters. The molecule has 29 heavy (non-hydrogen) atoms. The number of hydrogen-bond donors (Lipinski definition) is 0. The number of aryl methyl sites for hydroxylation is 1. The van der Waals surface area contributed by atoms with Gasteiger partial charge in [-0.2, -0.15) is 4.98 Å².